The molecule has 0 unspecified atom stereocenters. The number of anilines is 1. The van der Waals surface area contributed by atoms with Crippen LogP contribution in [-0.2, 0) is 11.3 Å². The summed E-state index contributed by atoms with van der Waals surface area (Å²) in [5.41, 5.74) is 7.91. The lowest BCUT2D eigenvalue weighted by Crippen LogP contribution is -2.25. The first-order valence-corrected chi connectivity index (χ1v) is 7.53. The van der Waals surface area contributed by atoms with Crippen molar-refractivity contribution in [2.75, 3.05) is 26.0 Å². The van der Waals surface area contributed by atoms with E-state index in [4.69, 9.17) is 15.2 Å². The van der Waals surface area contributed by atoms with Crippen LogP contribution >= 0.6 is 12.4 Å². The Kier molecular flexibility index (Phi) is 8.68. The van der Waals surface area contributed by atoms with Crippen LogP contribution in [0.5, 0.6) is 5.75 Å². The monoisotopic (exact) mass is 350 g/mol. The Bertz CT molecular complexity index is 632. The molecule has 0 bridgehead atoms. The molecule has 2 aromatic carbocycles. The van der Waals surface area contributed by atoms with Gasteiger partial charge >= 0.3 is 0 Å². The van der Waals surface area contributed by atoms with E-state index in [1.54, 1.807) is 31.4 Å². The predicted octanol–water partition coefficient (Wildman–Crippen LogP) is 3.04. The molecule has 0 aliphatic rings. The second-order valence-electron chi connectivity index (χ2n) is 5.14. The molecule has 0 aromatic heterocycles. The minimum absolute atomic E-state index is 0. The SMILES string of the molecule is COc1ccc(COCCCNC(=O)c2cccc(N)c2)cc1.Cl. The molecule has 0 spiro atoms. The molecule has 0 atom stereocenters. The molecule has 130 valence electrons. The maximum atomic E-state index is 11.9. The Morgan fingerprint density at radius 1 is 1.17 bits per heavy atom. The standard InChI is InChI=1S/C18H22N2O3.ClH/c1-22-17-8-6-14(7-9-17)13-23-11-3-10-20-18(21)15-4-2-5-16(19)12-15;/h2,4-9,12H,3,10-11,13,19H2,1H3,(H,20,21);1H. The van der Waals surface area contributed by atoms with Crippen molar-refractivity contribution in [2.45, 2.75) is 13.0 Å². The molecular formula is C18H23ClN2O3. The van der Waals surface area contributed by atoms with Crippen LogP contribution in [0, 0.1) is 0 Å². The van der Waals surface area contributed by atoms with Crippen LogP contribution in [0.4, 0.5) is 5.69 Å². The molecule has 2 rings (SSSR count). The van der Waals surface area contributed by atoms with E-state index in [0.29, 0.717) is 31.0 Å². The number of carbonyl (C=O) groups is 1. The van der Waals surface area contributed by atoms with Crippen LogP contribution in [0.1, 0.15) is 22.3 Å². The summed E-state index contributed by atoms with van der Waals surface area (Å²) in [6.07, 6.45) is 0.754. The van der Waals surface area contributed by atoms with E-state index in [1.807, 2.05) is 24.3 Å². The number of rotatable bonds is 8. The van der Waals surface area contributed by atoms with Gasteiger partial charge in [0.1, 0.15) is 5.75 Å². The highest BCUT2D eigenvalue weighted by molar-refractivity contribution is 5.94. The normalized spacial score (nSPS) is 9.88. The first-order valence-electron chi connectivity index (χ1n) is 7.53. The number of halogens is 1. The number of carbonyl (C=O) groups excluding carboxylic acids is 1. The predicted molar refractivity (Wildman–Crippen MR) is 97.7 cm³/mol. The highest BCUT2D eigenvalue weighted by atomic mass is 35.5. The topological polar surface area (TPSA) is 73.6 Å². The van der Waals surface area contributed by atoms with Gasteiger partial charge < -0.3 is 20.5 Å². The smallest absolute Gasteiger partial charge is 0.251 e. The zero-order valence-corrected chi connectivity index (χ0v) is 14.5. The number of nitrogens with two attached hydrogens (primary N) is 1. The van der Waals surface area contributed by atoms with E-state index in [1.165, 1.54) is 0 Å². The maximum absolute atomic E-state index is 11.9. The third-order valence-corrected chi connectivity index (χ3v) is 3.33. The first kappa shape index (κ1) is 19.8. The molecule has 0 radical (unpaired) electrons. The van der Waals surface area contributed by atoms with Gasteiger partial charge in [-0.05, 0) is 42.3 Å². The van der Waals surface area contributed by atoms with Crippen molar-refractivity contribution in [3.8, 4) is 5.75 Å². The Hall–Kier alpha value is -2.24. The first-order chi connectivity index (χ1) is 11.2. The van der Waals surface area contributed by atoms with E-state index < -0.39 is 0 Å². The number of hydrogen-bond donors (Lipinski definition) is 2. The molecule has 1 amide bonds. The molecule has 0 fully saturated rings. The zero-order valence-electron chi connectivity index (χ0n) is 13.7. The summed E-state index contributed by atoms with van der Waals surface area (Å²) in [5, 5.41) is 2.85. The van der Waals surface area contributed by atoms with Gasteiger partial charge in [-0.25, -0.2) is 0 Å². The van der Waals surface area contributed by atoms with Crippen LogP contribution < -0.4 is 15.8 Å². The second-order valence-corrected chi connectivity index (χ2v) is 5.14. The highest BCUT2D eigenvalue weighted by Gasteiger charge is 2.04. The zero-order chi connectivity index (χ0) is 16.5. The van der Waals surface area contributed by atoms with Crippen molar-refractivity contribution in [2.24, 2.45) is 0 Å². The van der Waals surface area contributed by atoms with Gasteiger partial charge in [-0.1, -0.05) is 18.2 Å². The number of nitrogen functional groups attached to an aromatic ring is 1. The maximum Gasteiger partial charge on any atom is 0.251 e. The summed E-state index contributed by atoms with van der Waals surface area (Å²) >= 11 is 0. The van der Waals surface area contributed by atoms with Gasteiger partial charge in [0.2, 0.25) is 0 Å². The van der Waals surface area contributed by atoms with Crippen LogP contribution in [0.25, 0.3) is 0 Å². The fraction of sp³-hybridized carbons (Fsp3) is 0.278. The largest absolute Gasteiger partial charge is 0.497 e. The summed E-state index contributed by atoms with van der Waals surface area (Å²) in [7, 11) is 1.64. The van der Waals surface area contributed by atoms with E-state index in [0.717, 1.165) is 17.7 Å². The Labute approximate surface area is 148 Å². The Balaban J connectivity index is 0.00000288. The van der Waals surface area contributed by atoms with E-state index in [-0.39, 0.29) is 18.3 Å². The molecule has 0 aliphatic heterocycles. The average molecular weight is 351 g/mol. The summed E-state index contributed by atoms with van der Waals surface area (Å²) < 4.78 is 10.7. The third-order valence-electron chi connectivity index (χ3n) is 3.33. The highest BCUT2D eigenvalue weighted by Crippen LogP contribution is 2.12. The summed E-state index contributed by atoms with van der Waals surface area (Å²) in [6.45, 7) is 1.70. The summed E-state index contributed by atoms with van der Waals surface area (Å²) in [6, 6.07) is 14.7. The number of ether oxygens (including phenoxy) is 2. The van der Waals surface area contributed by atoms with Gasteiger partial charge in [0, 0.05) is 24.4 Å². The van der Waals surface area contributed by atoms with Gasteiger partial charge in [-0.2, -0.15) is 0 Å². The molecule has 0 heterocycles. The van der Waals surface area contributed by atoms with Gasteiger partial charge in [0.15, 0.2) is 0 Å². The number of hydrogen-bond acceptors (Lipinski definition) is 4. The fourth-order valence-electron chi connectivity index (χ4n) is 2.07. The van der Waals surface area contributed by atoms with Gasteiger partial charge in [0.05, 0.1) is 13.7 Å². The third kappa shape index (κ3) is 6.48. The second kappa shape index (κ2) is 10.5. The summed E-state index contributed by atoms with van der Waals surface area (Å²) in [5.74, 6) is 0.713. The molecule has 0 aliphatic carbocycles. The van der Waals surface area contributed by atoms with Crippen LogP contribution in [0.3, 0.4) is 0 Å². The van der Waals surface area contributed by atoms with Gasteiger partial charge in [-0.3, -0.25) is 4.79 Å². The fourth-order valence-corrected chi connectivity index (χ4v) is 2.07. The van der Waals surface area contributed by atoms with Crippen LogP contribution in [-0.4, -0.2) is 26.2 Å². The minimum Gasteiger partial charge on any atom is -0.497 e. The Morgan fingerprint density at radius 3 is 2.58 bits per heavy atom. The molecule has 3 N–H and O–H groups in total. The molecule has 2 aromatic rings. The lowest BCUT2D eigenvalue weighted by Gasteiger charge is -2.07. The molecule has 24 heavy (non-hydrogen) atoms. The molecular weight excluding hydrogens is 328 g/mol. The van der Waals surface area contributed by atoms with Crippen LogP contribution in [0.15, 0.2) is 48.5 Å². The molecule has 6 heteroatoms. The number of amides is 1. The lowest BCUT2D eigenvalue weighted by molar-refractivity contribution is 0.0934. The molecule has 0 saturated carbocycles. The van der Waals surface area contributed by atoms with Gasteiger partial charge in [-0.15, -0.1) is 12.4 Å². The van der Waals surface area contributed by atoms with E-state index in [9.17, 15) is 4.79 Å². The van der Waals surface area contributed by atoms with Gasteiger partial charge in [0.25, 0.3) is 5.91 Å². The Morgan fingerprint density at radius 2 is 1.92 bits per heavy atom. The lowest BCUT2D eigenvalue weighted by atomic mass is 10.2. The number of benzene rings is 2. The quantitative estimate of drug-likeness (QED) is 0.567. The van der Waals surface area contributed by atoms with Crippen LogP contribution in [0.2, 0.25) is 0 Å². The van der Waals surface area contributed by atoms with Crippen molar-refractivity contribution in [1.29, 1.82) is 0 Å². The number of nitrogens with one attached hydrogen (secondary N) is 1. The van der Waals surface area contributed by atoms with E-state index >= 15 is 0 Å². The van der Waals surface area contributed by atoms with Crippen molar-refractivity contribution in [3.05, 3.63) is 59.7 Å². The van der Waals surface area contributed by atoms with Crippen molar-refractivity contribution >= 4 is 24.0 Å². The summed E-state index contributed by atoms with van der Waals surface area (Å²) in [4.78, 5) is 11.9. The minimum atomic E-state index is -0.118. The molecule has 0 saturated heterocycles. The van der Waals surface area contributed by atoms with Crippen molar-refractivity contribution < 1.29 is 14.3 Å². The van der Waals surface area contributed by atoms with Crippen molar-refractivity contribution in [3.63, 3.8) is 0 Å². The molecule has 5 nitrogen and oxygen atoms in total. The van der Waals surface area contributed by atoms with Crippen molar-refractivity contribution in [1.82, 2.24) is 5.32 Å². The number of methoxy groups -OCH3 is 1. The van der Waals surface area contributed by atoms with E-state index in [2.05, 4.69) is 5.32 Å². The average Bonchev–Trinajstić information content (AvgIpc) is 2.58.